The number of aromatic amines is 1. The van der Waals surface area contributed by atoms with Gasteiger partial charge < -0.3 is 24.5 Å². The molecule has 0 radical (unpaired) electrons. The summed E-state index contributed by atoms with van der Waals surface area (Å²) in [5, 5.41) is 3.22. The number of hydrogen-bond acceptors (Lipinski definition) is 7. The number of ether oxygens (including phenoxy) is 3. The van der Waals surface area contributed by atoms with E-state index in [2.05, 4.69) is 15.3 Å². The molecule has 0 saturated carbocycles. The third-order valence-corrected chi connectivity index (χ3v) is 4.47. The molecule has 3 rings (SSSR count). The van der Waals surface area contributed by atoms with Crippen LogP contribution < -0.4 is 25.1 Å². The first-order valence-electron chi connectivity index (χ1n) is 9.21. The number of fused-ring (bicyclic) bond motifs is 1. The number of hydrogen-bond donors (Lipinski definition) is 2. The van der Waals surface area contributed by atoms with Crippen LogP contribution in [-0.2, 0) is 11.3 Å². The van der Waals surface area contributed by atoms with Crippen LogP contribution in [0.1, 0.15) is 5.82 Å². The van der Waals surface area contributed by atoms with Crippen LogP contribution >= 0.6 is 0 Å². The quantitative estimate of drug-likeness (QED) is 0.583. The van der Waals surface area contributed by atoms with Crippen molar-refractivity contribution >= 4 is 22.5 Å². The number of amides is 1. The minimum Gasteiger partial charge on any atom is -0.497 e. The van der Waals surface area contributed by atoms with Crippen LogP contribution in [0.3, 0.4) is 0 Å². The Labute approximate surface area is 173 Å². The second-order valence-electron chi connectivity index (χ2n) is 6.69. The van der Waals surface area contributed by atoms with Crippen molar-refractivity contribution in [1.29, 1.82) is 0 Å². The Bertz CT molecular complexity index is 1090. The molecular weight excluding hydrogens is 388 g/mol. The standard InChI is InChI=1S/C21H24N4O5/c1-25(12-20(26)22-13-5-7-14(28-2)8-6-13)11-19-23-16-10-18(30-4)17(29-3)9-15(16)21(27)24-19/h5-10H,11-12H2,1-4H3,(H,22,26)(H,23,24,27). The van der Waals surface area contributed by atoms with E-state index in [0.29, 0.717) is 39.7 Å². The van der Waals surface area contributed by atoms with E-state index >= 15 is 0 Å². The molecule has 0 aliphatic rings. The molecule has 3 aromatic rings. The summed E-state index contributed by atoms with van der Waals surface area (Å²) in [6.45, 7) is 0.412. The highest BCUT2D eigenvalue weighted by molar-refractivity contribution is 5.92. The van der Waals surface area contributed by atoms with Gasteiger partial charge in [-0.15, -0.1) is 0 Å². The largest absolute Gasteiger partial charge is 0.497 e. The third kappa shape index (κ3) is 4.87. The Balaban J connectivity index is 1.70. The van der Waals surface area contributed by atoms with Crippen molar-refractivity contribution in [3.63, 3.8) is 0 Å². The topological polar surface area (TPSA) is 106 Å². The molecule has 0 fully saturated rings. The average molecular weight is 412 g/mol. The minimum absolute atomic E-state index is 0.125. The molecule has 0 aliphatic carbocycles. The molecule has 1 aromatic heterocycles. The summed E-state index contributed by atoms with van der Waals surface area (Å²) >= 11 is 0. The zero-order valence-electron chi connectivity index (χ0n) is 17.3. The lowest BCUT2D eigenvalue weighted by atomic mass is 10.2. The number of nitrogens with one attached hydrogen (secondary N) is 2. The lowest BCUT2D eigenvalue weighted by molar-refractivity contribution is -0.117. The Morgan fingerprint density at radius 2 is 1.73 bits per heavy atom. The van der Waals surface area contributed by atoms with E-state index in [1.165, 1.54) is 14.2 Å². The Kier molecular flexibility index (Phi) is 6.53. The van der Waals surface area contributed by atoms with Gasteiger partial charge in [-0.2, -0.15) is 0 Å². The fraction of sp³-hybridized carbons (Fsp3) is 0.286. The maximum absolute atomic E-state index is 12.5. The Morgan fingerprint density at radius 3 is 2.37 bits per heavy atom. The van der Waals surface area contributed by atoms with Crippen molar-refractivity contribution in [3.05, 3.63) is 52.6 Å². The molecule has 0 aliphatic heterocycles. The van der Waals surface area contributed by atoms with Crippen molar-refractivity contribution in [3.8, 4) is 17.2 Å². The first kappa shape index (κ1) is 21.1. The second kappa shape index (κ2) is 9.27. The third-order valence-electron chi connectivity index (χ3n) is 4.47. The van der Waals surface area contributed by atoms with E-state index in [1.54, 1.807) is 55.5 Å². The summed E-state index contributed by atoms with van der Waals surface area (Å²) in [5.74, 6) is 1.92. The number of anilines is 1. The number of carbonyl (C=O) groups is 1. The van der Waals surface area contributed by atoms with Gasteiger partial charge in [0, 0.05) is 11.8 Å². The molecular formula is C21H24N4O5. The molecule has 2 N–H and O–H groups in total. The van der Waals surface area contributed by atoms with Crippen LogP contribution in [0.15, 0.2) is 41.2 Å². The second-order valence-corrected chi connectivity index (χ2v) is 6.69. The van der Waals surface area contributed by atoms with Gasteiger partial charge in [0.05, 0.1) is 45.3 Å². The van der Waals surface area contributed by atoms with Gasteiger partial charge in [0.2, 0.25) is 5.91 Å². The van der Waals surface area contributed by atoms with Crippen LogP contribution in [0.4, 0.5) is 5.69 Å². The Hall–Kier alpha value is -3.59. The van der Waals surface area contributed by atoms with Gasteiger partial charge in [0.15, 0.2) is 11.5 Å². The van der Waals surface area contributed by atoms with Gasteiger partial charge in [-0.3, -0.25) is 14.5 Å². The number of likely N-dealkylation sites (N-methyl/N-ethyl adjacent to an activating group) is 1. The molecule has 2 aromatic carbocycles. The fourth-order valence-corrected chi connectivity index (χ4v) is 3.02. The first-order valence-corrected chi connectivity index (χ1v) is 9.21. The Morgan fingerprint density at radius 1 is 1.07 bits per heavy atom. The van der Waals surface area contributed by atoms with E-state index in [4.69, 9.17) is 14.2 Å². The molecule has 1 amide bonds. The van der Waals surface area contributed by atoms with Crippen molar-refractivity contribution in [2.24, 2.45) is 0 Å². The number of nitrogens with zero attached hydrogens (tertiary/aromatic N) is 2. The number of carbonyl (C=O) groups excluding carboxylic acids is 1. The molecule has 0 spiro atoms. The number of methoxy groups -OCH3 is 3. The normalized spacial score (nSPS) is 10.8. The van der Waals surface area contributed by atoms with Crippen LogP contribution in [-0.4, -0.2) is 55.7 Å². The molecule has 0 saturated heterocycles. The maximum Gasteiger partial charge on any atom is 0.258 e. The molecule has 0 bridgehead atoms. The number of aromatic nitrogens is 2. The predicted molar refractivity (Wildman–Crippen MR) is 113 cm³/mol. The van der Waals surface area contributed by atoms with E-state index < -0.39 is 0 Å². The zero-order chi connectivity index (χ0) is 21.7. The van der Waals surface area contributed by atoms with E-state index in [-0.39, 0.29) is 24.6 Å². The number of H-pyrrole nitrogens is 1. The molecule has 9 nitrogen and oxygen atoms in total. The fourth-order valence-electron chi connectivity index (χ4n) is 3.02. The summed E-state index contributed by atoms with van der Waals surface area (Å²) < 4.78 is 15.6. The van der Waals surface area contributed by atoms with Crippen LogP contribution in [0.5, 0.6) is 17.2 Å². The first-order chi connectivity index (χ1) is 14.4. The summed E-state index contributed by atoms with van der Waals surface area (Å²) in [6.07, 6.45) is 0. The van der Waals surface area contributed by atoms with Crippen LogP contribution in [0, 0.1) is 0 Å². The van der Waals surface area contributed by atoms with Crippen molar-refractivity contribution in [2.45, 2.75) is 6.54 Å². The maximum atomic E-state index is 12.5. The van der Waals surface area contributed by atoms with Gasteiger partial charge >= 0.3 is 0 Å². The summed E-state index contributed by atoms with van der Waals surface area (Å²) in [5.41, 5.74) is 0.877. The SMILES string of the molecule is COc1ccc(NC(=O)CN(C)Cc2nc3cc(OC)c(OC)cc3c(=O)[nH]2)cc1. The van der Waals surface area contributed by atoms with Gasteiger partial charge in [0.1, 0.15) is 11.6 Å². The highest BCUT2D eigenvalue weighted by Crippen LogP contribution is 2.29. The molecule has 0 unspecified atom stereocenters. The molecule has 9 heteroatoms. The molecule has 158 valence electrons. The molecule has 30 heavy (non-hydrogen) atoms. The van der Waals surface area contributed by atoms with E-state index in [0.717, 1.165) is 0 Å². The van der Waals surface area contributed by atoms with Crippen molar-refractivity contribution in [1.82, 2.24) is 14.9 Å². The highest BCUT2D eigenvalue weighted by atomic mass is 16.5. The van der Waals surface area contributed by atoms with Crippen LogP contribution in [0.2, 0.25) is 0 Å². The molecule has 0 atom stereocenters. The molecule has 1 heterocycles. The monoisotopic (exact) mass is 412 g/mol. The summed E-state index contributed by atoms with van der Waals surface area (Å²) in [6, 6.07) is 10.3. The summed E-state index contributed by atoms with van der Waals surface area (Å²) in [7, 11) is 6.38. The van der Waals surface area contributed by atoms with Gasteiger partial charge in [-0.25, -0.2) is 4.98 Å². The lowest BCUT2D eigenvalue weighted by Gasteiger charge is -2.16. The smallest absolute Gasteiger partial charge is 0.258 e. The number of benzene rings is 2. The highest BCUT2D eigenvalue weighted by Gasteiger charge is 2.13. The van der Waals surface area contributed by atoms with E-state index in [9.17, 15) is 9.59 Å². The van der Waals surface area contributed by atoms with Gasteiger partial charge in [-0.1, -0.05) is 0 Å². The van der Waals surface area contributed by atoms with Crippen molar-refractivity contribution in [2.75, 3.05) is 40.2 Å². The zero-order valence-corrected chi connectivity index (χ0v) is 17.3. The van der Waals surface area contributed by atoms with Gasteiger partial charge in [0.25, 0.3) is 5.56 Å². The van der Waals surface area contributed by atoms with Crippen molar-refractivity contribution < 1.29 is 19.0 Å². The summed E-state index contributed by atoms with van der Waals surface area (Å²) in [4.78, 5) is 33.8. The predicted octanol–water partition coefficient (Wildman–Crippen LogP) is 2.02. The number of rotatable bonds is 8. The average Bonchev–Trinajstić information content (AvgIpc) is 2.73. The van der Waals surface area contributed by atoms with E-state index in [1.807, 2.05) is 0 Å². The van der Waals surface area contributed by atoms with Gasteiger partial charge in [-0.05, 0) is 37.4 Å². The lowest BCUT2D eigenvalue weighted by Crippen LogP contribution is -2.31. The van der Waals surface area contributed by atoms with Crippen LogP contribution in [0.25, 0.3) is 10.9 Å². The minimum atomic E-state index is -0.285.